The zero-order valence-corrected chi connectivity index (χ0v) is 5.95. The molecular formula is C7H7N3O. The van der Waals surface area contributed by atoms with Crippen LogP contribution in [0.15, 0.2) is 6.20 Å². The quantitative estimate of drug-likeness (QED) is 0.532. The van der Waals surface area contributed by atoms with Crippen LogP contribution in [-0.2, 0) is 17.9 Å². The van der Waals surface area contributed by atoms with Crippen molar-refractivity contribution >= 4 is 0 Å². The smallest absolute Gasteiger partial charge is 0.140 e. The lowest BCUT2D eigenvalue weighted by atomic mass is 10.4. The fourth-order valence-electron chi connectivity index (χ4n) is 1.19. The number of hydrogen-bond acceptors (Lipinski definition) is 3. The highest BCUT2D eigenvalue weighted by molar-refractivity contribution is 5.20. The Balaban J connectivity index is 2.48. The lowest BCUT2D eigenvalue weighted by molar-refractivity contribution is 0.0813. The number of rotatable bonds is 0. The summed E-state index contributed by atoms with van der Waals surface area (Å²) in [5, 5.41) is 8.63. The van der Waals surface area contributed by atoms with Gasteiger partial charge in [0.2, 0.25) is 0 Å². The Hall–Kier alpha value is -1.34. The highest BCUT2D eigenvalue weighted by Gasteiger charge is 2.12. The van der Waals surface area contributed by atoms with Gasteiger partial charge in [0.25, 0.3) is 0 Å². The van der Waals surface area contributed by atoms with Crippen LogP contribution < -0.4 is 0 Å². The second-order valence-electron chi connectivity index (χ2n) is 2.38. The van der Waals surface area contributed by atoms with E-state index in [1.165, 1.54) is 0 Å². The molecule has 0 atom stereocenters. The Kier molecular flexibility index (Phi) is 1.37. The van der Waals surface area contributed by atoms with Crippen LogP contribution in [0.5, 0.6) is 0 Å². The van der Waals surface area contributed by atoms with Crippen LogP contribution in [0, 0.1) is 11.3 Å². The van der Waals surface area contributed by atoms with Crippen LogP contribution >= 0.6 is 0 Å². The fourth-order valence-corrected chi connectivity index (χ4v) is 1.19. The van der Waals surface area contributed by atoms with Gasteiger partial charge in [0.05, 0.1) is 12.8 Å². The summed E-state index contributed by atoms with van der Waals surface area (Å²) >= 11 is 0. The minimum absolute atomic E-state index is 0.529. The highest BCUT2D eigenvalue weighted by atomic mass is 16.5. The van der Waals surface area contributed by atoms with Gasteiger partial charge in [0.1, 0.15) is 24.2 Å². The van der Waals surface area contributed by atoms with Gasteiger partial charge < -0.3 is 9.30 Å². The summed E-state index contributed by atoms with van der Waals surface area (Å²) < 4.78 is 7.05. The van der Waals surface area contributed by atoms with Crippen LogP contribution in [-0.4, -0.2) is 16.2 Å². The maximum atomic E-state index is 8.63. The average molecular weight is 149 g/mol. The first-order valence-corrected chi connectivity index (χ1v) is 3.44. The zero-order valence-electron chi connectivity index (χ0n) is 5.95. The molecule has 2 rings (SSSR count). The van der Waals surface area contributed by atoms with Gasteiger partial charge in [-0.25, -0.2) is 4.98 Å². The molecule has 0 spiro atoms. The van der Waals surface area contributed by atoms with E-state index in [2.05, 4.69) is 11.1 Å². The molecule has 11 heavy (non-hydrogen) atoms. The molecule has 1 aromatic heterocycles. The molecule has 2 heterocycles. The summed E-state index contributed by atoms with van der Waals surface area (Å²) in [5.41, 5.74) is 0.628. The van der Waals surface area contributed by atoms with E-state index in [0.717, 1.165) is 12.4 Å². The van der Waals surface area contributed by atoms with Crippen molar-refractivity contribution < 1.29 is 4.74 Å². The van der Waals surface area contributed by atoms with Crippen molar-refractivity contribution in [3.05, 3.63) is 17.7 Å². The van der Waals surface area contributed by atoms with Crippen LogP contribution in [0.4, 0.5) is 0 Å². The van der Waals surface area contributed by atoms with Gasteiger partial charge in [-0.05, 0) is 0 Å². The molecule has 0 unspecified atom stereocenters. The van der Waals surface area contributed by atoms with Gasteiger partial charge in [-0.15, -0.1) is 0 Å². The first kappa shape index (κ1) is 6.38. The first-order chi connectivity index (χ1) is 5.42. The Morgan fingerprint density at radius 3 is 3.45 bits per heavy atom. The summed E-state index contributed by atoms with van der Waals surface area (Å²) in [4.78, 5) is 4.04. The Bertz CT molecular complexity index is 310. The van der Waals surface area contributed by atoms with Crippen LogP contribution in [0.3, 0.4) is 0 Å². The second-order valence-corrected chi connectivity index (χ2v) is 2.38. The Morgan fingerprint density at radius 1 is 1.73 bits per heavy atom. The van der Waals surface area contributed by atoms with E-state index in [-0.39, 0.29) is 0 Å². The van der Waals surface area contributed by atoms with Gasteiger partial charge in [-0.3, -0.25) is 0 Å². The van der Waals surface area contributed by atoms with E-state index in [4.69, 9.17) is 10.00 Å². The molecule has 0 aromatic carbocycles. The first-order valence-electron chi connectivity index (χ1n) is 3.44. The van der Waals surface area contributed by atoms with Crippen molar-refractivity contribution in [2.24, 2.45) is 0 Å². The molecule has 1 aliphatic rings. The molecule has 56 valence electrons. The molecular weight excluding hydrogens is 142 g/mol. The maximum Gasteiger partial charge on any atom is 0.140 e. The van der Waals surface area contributed by atoms with Crippen LogP contribution in [0.25, 0.3) is 0 Å². The lowest BCUT2D eigenvalue weighted by Gasteiger charge is -2.14. The third-order valence-corrected chi connectivity index (χ3v) is 1.74. The fraction of sp³-hybridized carbons (Fsp3) is 0.429. The molecule has 0 fully saturated rings. The third kappa shape index (κ3) is 0.900. The van der Waals surface area contributed by atoms with E-state index < -0.39 is 0 Å². The number of ether oxygens (including phenoxy) is 1. The van der Waals surface area contributed by atoms with Crippen molar-refractivity contribution in [1.82, 2.24) is 9.55 Å². The molecule has 4 nitrogen and oxygen atoms in total. The molecule has 0 bridgehead atoms. The van der Waals surface area contributed by atoms with E-state index >= 15 is 0 Å². The predicted octanol–water partition coefficient (Wildman–Crippen LogP) is 0.285. The van der Waals surface area contributed by atoms with Crippen molar-refractivity contribution in [3.63, 3.8) is 0 Å². The minimum atomic E-state index is 0.529. The standard InChI is InChI=1S/C7H7N3O/c8-3-6-4-9-7-5-11-2-1-10(6)7/h4H,1-2,5H2. The molecule has 0 amide bonds. The minimum Gasteiger partial charge on any atom is -0.372 e. The van der Waals surface area contributed by atoms with Crippen molar-refractivity contribution in [1.29, 1.82) is 5.26 Å². The van der Waals surface area contributed by atoms with Gasteiger partial charge in [-0.2, -0.15) is 5.26 Å². The second kappa shape index (κ2) is 2.36. The number of aromatic nitrogens is 2. The molecule has 0 saturated carbocycles. The average Bonchev–Trinajstić information content (AvgIpc) is 2.47. The van der Waals surface area contributed by atoms with Gasteiger partial charge in [0.15, 0.2) is 0 Å². The Morgan fingerprint density at radius 2 is 2.64 bits per heavy atom. The summed E-state index contributed by atoms with van der Waals surface area (Å²) in [5.74, 6) is 0.854. The van der Waals surface area contributed by atoms with Crippen molar-refractivity contribution in [3.8, 4) is 6.07 Å². The third-order valence-electron chi connectivity index (χ3n) is 1.74. The number of hydrogen-bond donors (Lipinski definition) is 0. The van der Waals surface area contributed by atoms with Gasteiger partial charge >= 0.3 is 0 Å². The molecule has 4 heteroatoms. The summed E-state index contributed by atoms with van der Waals surface area (Å²) in [7, 11) is 0. The number of nitriles is 1. The molecule has 0 radical (unpaired) electrons. The number of fused-ring (bicyclic) bond motifs is 1. The molecule has 1 aliphatic heterocycles. The van der Waals surface area contributed by atoms with Crippen molar-refractivity contribution in [2.75, 3.05) is 6.61 Å². The van der Waals surface area contributed by atoms with E-state index in [0.29, 0.717) is 18.9 Å². The van der Waals surface area contributed by atoms with Gasteiger partial charge in [-0.1, -0.05) is 0 Å². The molecule has 0 saturated heterocycles. The SMILES string of the molecule is N#Cc1cnc2n1CCOC2. The topological polar surface area (TPSA) is 50.8 Å². The van der Waals surface area contributed by atoms with Crippen LogP contribution in [0.2, 0.25) is 0 Å². The van der Waals surface area contributed by atoms with Crippen LogP contribution in [0.1, 0.15) is 11.5 Å². The van der Waals surface area contributed by atoms with E-state index in [9.17, 15) is 0 Å². The molecule has 0 aliphatic carbocycles. The predicted molar refractivity (Wildman–Crippen MR) is 36.6 cm³/mol. The van der Waals surface area contributed by atoms with E-state index in [1.807, 2.05) is 4.57 Å². The lowest BCUT2D eigenvalue weighted by Crippen LogP contribution is -2.17. The number of imidazole rings is 1. The zero-order chi connectivity index (χ0) is 7.68. The molecule has 1 aromatic rings. The van der Waals surface area contributed by atoms with E-state index in [1.54, 1.807) is 6.20 Å². The summed E-state index contributed by atoms with van der Waals surface area (Å²) in [6, 6.07) is 2.08. The maximum absolute atomic E-state index is 8.63. The number of nitrogens with zero attached hydrogens (tertiary/aromatic N) is 3. The Labute approximate surface area is 64.0 Å². The van der Waals surface area contributed by atoms with Gasteiger partial charge in [0, 0.05) is 6.54 Å². The molecule has 0 N–H and O–H groups in total. The normalized spacial score (nSPS) is 15.5. The largest absolute Gasteiger partial charge is 0.372 e. The summed E-state index contributed by atoms with van der Waals surface area (Å²) in [6.45, 7) is 1.96. The monoisotopic (exact) mass is 149 g/mol. The highest BCUT2D eigenvalue weighted by Crippen LogP contribution is 2.09. The summed E-state index contributed by atoms with van der Waals surface area (Å²) in [6.07, 6.45) is 1.59. The van der Waals surface area contributed by atoms with Crippen molar-refractivity contribution in [2.45, 2.75) is 13.2 Å².